The fourth-order valence-electron chi connectivity index (χ4n) is 2.33. The first-order chi connectivity index (χ1) is 8.82. The summed E-state index contributed by atoms with van der Waals surface area (Å²) in [6.45, 7) is 4.81. The second-order valence-electron chi connectivity index (χ2n) is 5.20. The molecule has 2 rings (SSSR count). The lowest BCUT2D eigenvalue weighted by Gasteiger charge is -2.34. The zero-order chi connectivity index (χ0) is 14.2. The van der Waals surface area contributed by atoms with Crippen LogP contribution >= 0.6 is 15.9 Å². The molecule has 0 saturated carbocycles. The van der Waals surface area contributed by atoms with E-state index < -0.39 is 10.0 Å². The second-order valence-corrected chi connectivity index (χ2v) is 8.02. The third kappa shape index (κ3) is 3.02. The smallest absolute Gasteiger partial charge is 0.243 e. The average molecular weight is 347 g/mol. The third-order valence-electron chi connectivity index (χ3n) is 3.70. The van der Waals surface area contributed by atoms with Crippen LogP contribution in [-0.4, -0.2) is 31.9 Å². The molecule has 1 saturated heterocycles. The number of piperidine rings is 1. The molecule has 4 nitrogen and oxygen atoms in total. The Kier molecular flexibility index (Phi) is 4.35. The van der Waals surface area contributed by atoms with Crippen molar-refractivity contribution in [2.75, 3.05) is 13.1 Å². The van der Waals surface area contributed by atoms with Crippen LogP contribution in [0.25, 0.3) is 0 Å². The van der Waals surface area contributed by atoms with Gasteiger partial charge in [0.1, 0.15) is 0 Å². The summed E-state index contributed by atoms with van der Waals surface area (Å²) in [4.78, 5) is 0.379. The maximum absolute atomic E-state index is 12.7. The van der Waals surface area contributed by atoms with Crippen molar-refractivity contribution < 1.29 is 8.42 Å². The molecule has 0 amide bonds. The zero-order valence-electron chi connectivity index (χ0n) is 11.1. The normalized spacial score (nSPS) is 25.5. The molecular weight excluding hydrogens is 328 g/mol. The van der Waals surface area contributed by atoms with Crippen molar-refractivity contribution in [1.82, 2.24) is 4.31 Å². The van der Waals surface area contributed by atoms with Gasteiger partial charge < -0.3 is 5.73 Å². The molecule has 106 valence electrons. The van der Waals surface area contributed by atoms with Gasteiger partial charge >= 0.3 is 0 Å². The first-order valence-corrected chi connectivity index (χ1v) is 8.57. The van der Waals surface area contributed by atoms with Gasteiger partial charge in [0.05, 0.1) is 4.90 Å². The molecule has 2 atom stereocenters. The average Bonchev–Trinajstić information content (AvgIpc) is 2.35. The third-order valence-corrected chi connectivity index (χ3v) is 6.20. The molecule has 6 heteroatoms. The van der Waals surface area contributed by atoms with Gasteiger partial charge in [0, 0.05) is 23.6 Å². The van der Waals surface area contributed by atoms with Crippen LogP contribution in [0, 0.1) is 12.8 Å². The molecule has 2 unspecified atom stereocenters. The maximum Gasteiger partial charge on any atom is 0.243 e. The highest BCUT2D eigenvalue weighted by Crippen LogP contribution is 2.27. The van der Waals surface area contributed by atoms with E-state index in [9.17, 15) is 8.42 Å². The number of halogens is 1. The van der Waals surface area contributed by atoms with Crippen molar-refractivity contribution in [3.63, 3.8) is 0 Å². The Morgan fingerprint density at radius 3 is 2.74 bits per heavy atom. The summed E-state index contributed by atoms with van der Waals surface area (Å²) in [6, 6.07) is 5.43. The molecule has 0 radical (unpaired) electrons. The van der Waals surface area contributed by atoms with Crippen LogP contribution in [0.15, 0.2) is 27.6 Å². The van der Waals surface area contributed by atoms with Crippen LogP contribution in [0.5, 0.6) is 0 Å². The summed E-state index contributed by atoms with van der Waals surface area (Å²) in [7, 11) is -3.42. The van der Waals surface area contributed by atoms with Crippen molar-refractivity contribution in [2.45, 2.75) is 31.2 Å². The van der Waals surface area contributed by atoms with E-state index >= 15 is 0 Å². The van der Waals surface area contributed by atoms with Crippen molar-refractivity contribution in [2.24, 2.45) is 11.7 Å². The van der Waals surface area contributed by atoms with Crippen molar-refractivity contribution >= 4 is 26.0 Å². The molecule has 0 aliphatic carbocycles. The Hall–Kier alpha value is -0.430. The van der Waals surface area contributed by atoms with Gasteiger partial charge in [0.2, 0.25) is 10.0 Å². The van der Waals surface area contributed by atoms with Gasteiger partial charge in [-0.3, -0.25) is 0 Å². The van der Waals surface area contributed by atoms with E-state index in [-0.39, 0.29) is 12.0 Å². The van der Waals surface area contributed by atoms with Crippen LogP contribution in [0.3, 0.4) is 0 Å². The van der Waals surface area contributed by atoms with Crippen LogP contribution in [0.1, 0.15) is 18.9 Å². The second kappa shape index (κ2) is 5.52. The van der Waals surface area contributed by atoms with Gasteiger partial charge in [-0.1, -0.05) is 28.9 Å². The number of hydrogen-bond donors (Lipinski definition) is 1. The van der Waals surface area contributed by atoms with Crippen LogP contribution < -0.4 is 5.73 Å². The van der Waals surface area contributed by atoms with Gasteiger partial charge in [0.25, 0.3) is 0 Å². The first kappa shape index (κ1) is 15.0. The Morgan fingerprint density at radius 1 is 1.42 bits per heavy atom. The summed E-state index contributed by atoms with van der Waals surface area (Å²) < 4.78 is 27.7. The number of rotatable bonds is 2. The summed E-state index contributed by atoms with van der Waals surface area (Å²) in [5.41, 5.74) is 6.72. The van der Waals surface area contributed by atoms with Crippen molar-refractivity contribution in [3.8, 4) is 0 Å². The molecule has 1 aliphatic rings. The predicted octanol–water partition coefficient (Wildman–Crippen LogP) is 2.12. The molecule has 1 fully saturated rings. The van der Waals surface area contributed by atoms with Gasteiger partial charge in [-0.05, 0) is 37.0 Å². The fourth-order valence-corrected chi connectivity index (χ4v) is 4.65. The maximum atomic E-state index is 12.7. The van der Waals surface area contributed by atoms with E-state index in [1.807, 2.05) is 26.0 Å². The molecule has 0 bridgehead atoms. The van der Waals surface area contributed by atoms with E-state index in [1.165, 1.54) is 0 Å². The summed E-state index contributed by atoms with van der Waals surface area (Å²) >= 11 is 3.33. The summed E-state index contributed by atoms with van der Waals surface area (Å²) in [5, 5.41) is 0. The monoisotopic (exact) mass is 346 g/mol. The highest BCUT2D eigenvalue weighted by molar-refractivity contribution is 9.10. The fraction of sp³-hybridized carbons (Fsp3) is 0.538. The molecule has 1 aromatic carbocycles. The highest BCUT2D eigenvalue weighted by atomic mass is 79.9. The first-order valence-electron chi connectivity index (χ1n) is 6.34. The van der Waals surface area contributed by atoms with Gasteiger partial charge in [-0.2, -0.15) is 4.31 Å². The van der Waals surface area contributed by atoms with E-state index in [0.29, 0.717) is 24.4 Å². The molecule has 19 heavy (non-hydrogen) atoms. The van der Waals surface area contributed by atoms with Crippen LogP contribution in [-0.2, 0) is 10.0 Å². The topological polar surface area (TPSA) is 63.4 Å². The summed E-state index contributed by atoms with van der Waals surface area (Å²) in [6.07, 6.45) is 0.716. The number of hydrogen-bond acceptors (Lipinski definition) is 3. The Morgan fingerprint density at radius 2 is 2.11 bits per heavy atom. The minimum Gasteiger partial charge on any atom is -0.327 e. The zero-order valence-corrected chi connectivity index (χ0v) is 13.5. The molecule has 1 aliphatic heterocycles. The lowest BCUT2D eigenvalue weighted by molar-refractivity contribution is 0.250. The number of aryl methyl sites for hydroxylation is 1. The Balaban J connectivity index is 2.35. The van der Waals surface area contributed by atoms with E-state index in [0.717, 1.165) is 10.0 Å². The molecular formula is C13H19BrN2O2S. The molecule has 0 aromatic heterocycles. The van der Waals surface area contributed by atoms with E-state index in [1.54, 1.807) is 10.4 Å². The number of nitrogens with zero attached hydrogens (tertiary/aromatic N) is 1. The SMILES string of the molecule is Cc1ccc(Br)cc1S(=O)(=O)N1CCC(N)C(C)C1. The van der Waals surface area contributed by atoms with E-state index in [2.05, 4.69) is 15.9 Å². The number of nitrogens with two attached hydrogens (primary N) is 1. The van der Waals surface area contributed by atoms with Crippen molar-refractivity contribution in [1.29, 1.82) is 0 Å². The minimum atomic E-state index is -3.42. The number of sulfonamides is 1. The standard InChI is InChI=1S/C13H19BrN2O2S/c1-9-3-4-11(14)7-13(9)19(17,18)16-6-5-12(15)10(2)8-16/h3-4,7,10,12H,5-6,8,15H2,1-2H3. The van der Waals surface area contributed by atoms with E-state index in [4.69, 9.17) is 5.73 Å². The molecule has 1 heterocycles. The largest absolute Gasteiger partial charge is 0.327 e. The Labute approximate surface area is 123 Å². The highest BCUT2D eigenvalue weighted by Gasteiger charge is 2.32. The lowest BCUT2D eigenvalue weighted by atomic mass is 9.96. The molecule has 0 spiro atoms. The van der Waals surface area contributed by atoms with Gasteiger partial charge in [-0.15, -0.1) is 0 Å². The Bertz CT molecular complexity index is 574. The van der Waals surface area contributed by atoms with Crippen LogP contribution in [0.2, 0.25) is 0 Å². The molecule has 2 N–H and O–H groups in total. The summed E-state index contributed by atoms with van der Waals surface area (Å²) in [5.74, 6) is 0.191. The van der Waals surface area contributed by atoms with Crippen LogP contribution in [0.4, 0.5) is 0 Å². The molecule has 1 aromatic rings. The predicted molar refractivity (Wildman–Crippen MR) is 79.4 cm³/mol. The minimum absolute atomic E-state index is 0.0926. The van der Waals surface area contributed by atoms with Gasteiger partial charge in [-0.25, -0.2) is 8.42 Å². The lowest BCUT2D eigenvalue weighted by Crippen LogP contribution is -2.48. The van der Waals surface area contributed by atoms with Gasteiger partial charge in [0.15, 0.2) is 0 Å². The van der Waals surface area contributed by atoms with Crippen molar-refractivity contribution in [3.05, 3.63) is 28.2 Å². The number of benzene rings is 1. The quantitative estimate of drug-likeness (QED) is 0.891.